The van der Waals surface area contributed by atoms with Crippen molar-refractivity contribution >= 4 is 17.5 Å². The summed E-state index contributed by atoms with van der Waals surface area (Å²) in [5.41, 5.74) is -3.56. The molecule has 0 radical (unpaired) electrons. The number of anilines is 2. The van der Waals surface area contributed by atoms with E-state index in [1.54, 1.807) is 6.20 Å². The van der Waals surface area contributed by atoms with E-state index in [4.69, 9.17) is 0 Å². The molecule has 2 heterocycles. The maximum absolute atomic E-state index is 12.9. The minimum atomic E-state index is -4.98. The summed E-state index contributed by atoms with van der Waals surface area (Å²) in [6.45, 7) is 1.21. The van der Waals surface area contributed by atoms with E-state index in [9.17, 15) is 31.1 Å². The molecule has 1 fully saturated rings. The molecule has 12 heteroatoms. The van der Waals surface area contributed by atoms with E-state index in [0.29, 0.717) is 31.0 Å². The molecule has 1 N–H and O–H groups in total. The minimum Gasteiger partial charge on any atom is -0.352 e. The number of benzene rings is 1. The summed E-state index contributed by atoms with van der Waals surface area (Å²) in [6.07, 6.45) is -5.39. The Bertz CT molecular complexity index is 831. The summed E-state index contributed by atoms with van der Waals surface area (Å²) in [5.74, 6) is 0.611. The second-order valence-corrected chi connectivity index (χ2v) is 6.26. The van der Waals surface area contributed by atoms with Gasteiger partial charge in [0.05, 0.1) is 17.3 Å². The van der Waals surface area contributed by atoms with E-state index in [2.05, 4.69) is 15.3 Å². The number of carbonyl (C=O) groups excluding carboxylic acids is 1. The number of nitrogens with one attached hydrogen (secondary N) is 1. The molecule has 2 aromatic rings. The lowest BCUT2D eigenvalue weighted by Crippen LogP contribution is -2.50. The highest BCUT2D eigenvalue weighted by atomic mass is 19.4. The van der Waals surface area contributed by atoms with Gasteiger partial charge in [0.15, 0.2) is 0 Å². The quantitative estimate of drug-likeness (QED) is 0.751. The van der Waals surface area contributed by atoms with Crippen LogP contribution in [0.3, 0.4) is 0 Å². The Labute approximate surface area is 161 Å². The molecule has 1 aliphatic heterocycles. The topological polar surface area (TPSA) is 61.4 Å². The number of piperazine rings is 1. The fraction of sp³-hybridized carbons (Fsp3) is 0.353. The largest absolute Gasteiger partial charge is 0.416 e. The number of halogens is 6. The van der Waals surface area contributed by atoms with E-state index in [1.165, 1.54) is 17.3 Å². The molecule has 3 rings (SSSR count). The SMILES string of the molecule is O=C(Nc1cc(C(F)(F)F)cc(C(F)(F)F)c1)N1CCN(c2cnccn2)CC1. The van der Waals surface area contributed by atoms with Crippen LogP contribution >= 0.6 is 0 Å². The van der Waals surface area contributed by atoms with Gasteiger partial charge in [-0.3, -0.25) is 4.98 Å². The molecule has 156 valence electrons. The van der Waals surface area contributed by atoms with Gasteiger partial charge in [0.25, 0.3) is 0 Å². The zero-order chi connectivity index (χ0) is 21.2. The number of carbonyl (C=O) groups is 1. The fourth-order valence-electron chi connectivity index (χ4n) is 2.82. The molecule has 0 saturated carbocycles. The summed E-state index contributed by atoms with van der Waals surface area (Å²) in [6, 6.07) is 0.178. The molecule has 6 nitrogen and oxygen atoms in total. The predicted octanol–water partition coefficient (Wildman–Crippen LogP) is 3.87. The van der Waals surface area contributed by atoms with Crippen LogP contribution in [0.5, 0.6) is 0 Å². The fourth-order valence-corrected chi connectivity index (χ4v) is 2.82. The summed E-state index contributed by atoms with van der Waals surface area (Å²) >= 11 is 0. The third kappa shape index (κ3) is 5.06. The van der Waals surface area contributed by atoms with E-state index in [0.717, 1.165) is 0 Å². The number of urea groups is 1. The van der Waals surface area contributed by atoms with Crippen LogP contribution in [0.2, 0.25) is 0 Å². The van der Waals surface area contributed by atoms with Gasteiger partial charge in [-0.05, 0) is 18.2 Å². The van der Waals surface area contributed by atoms with Crippen LogP contribution in [0.15, 0.2) is 36.8 Å². The van der Waals surface area contributed by atoms with E-state index >= 15 is 0 Å². The van der Waals surface area contributed by atoms with Gasteiger partial charge in [-0.15, -0.1) is 0 Å². The molecule has 2 amide bonds. The summed E-state index contributed by atoms with van der Waals surface area (Å²) in [5, 5.41) is 2.13. The van der Waals surface area contributed by atoms with Crippen LogP contribution < -0.4 is 10.2 Å². The van der Waals surface area contributed by atoms with E-state index < -0.39 is 35.2 Å². The number of nitrogens with zero attached hydrogens (tertiary/aromatic N) is 4. The van der Waals surface area contributed by atoms with Crippen molar-refractivity contribution in [3.63, 3.8) is 0 Å². The molecular weight excluding hydrogens is 404 g/mol. The zero-order valence-electron chi connectivity index (χ0n) is 14.8. The van der Waals surface area contributed by atoms with Gasteiger partial charge in [-0.25, -0.2) is 9.78 Å². The molecule has 0 atom stereocenters. The van der Waals surface area contributed by atoms with Crippen LogP contribution in [-0.4, -0.2) is 47.1 Å². The second kappa shape index (κ2) is 7.76. The number of alkyl halides is 6. The smallest absolute Gasteiger partial charge is 0.352 e. The zero-order valence-corrected chi connectivity index (χ0v) is 14.8. The van der Waals surface area contributed by atoms with Gasteiger partial charge in [0.1, 0.15) is 5.82 Å². The number of rotatable bonds is 2. The average Bonchev–Trinajstić information content (AvgIpc) is 2.67. The monoisotopic (exact) mass is 419 g/mol. The molecule has 1 saturated heterocycles. The Balaban J connectivity index is 1.71. The lowest BCUT2D eigenvalue weighted by Gasteiger charge is -2.35. The van der Waals surface area contributed by atoms with Crippen LogP contribution in [0.25, 0.3) is 0 Å². The molecule has 29 heavy (non-hydrogen) atoms. The predicted molar refractivity (Wildman–Crippen MR) is 91.3 cm³/mol. The van der Waals surface area contributed by atoms with Crippen molar-refractivity contribution in [3.8, 4) is 0 Å². The van der Waals surface area contributed by atoms with Gasteiger partial charge in [0.2, 0.25) is 0 Å². The van der Waals surface area contributed by atoms with Gasteiger partial charge in [-0.2, -0.15) is 26.3 Å². The molecule has 1 aliphatic rings. The van der Waals surface area contributed by atoms with Gasteiger partial charge in [-0.1, -0.05) is 0 Å². The maximum atomic E-state index is 12.9. The molecule has 0 bridgehead atoms. The van der Waals surface area contributed by atoms with Crippen molar-refractivity contribution in [1.29, 1.82) is 0 Å². The van der Waals surface area contributed by atoms with Crippen molar-refractivity contribution in [1.82, 2.24) is 14.9 Å². The number of hydrogen-bond acceptors (Lipinski definition) is 4. The number of amides is 2. The van der Waals surface area contributed by atoms with Crippen molar-refractivity contribution in [3.05, 3.63) is 47.9 Å². The van der Waals surface area contributed by atoms with Crippen LogP contribution in [0, 0.1) is 0 Å². The van der Waals surface area contributed by atoms with E-state index in [1.807, 2.05) is 4.90 Å². The molecule has 1 aromatic heterocycles. The number of hydrogen-bond donors (Lipinski definition) is 1. The summed E-state index contributed by atoms with van der Waals surface area (Å²) in [7, 11) is 0. The Morgan fingerprint density at radius 2 is 1.48 bits per heavy atom. The third-order valence-electron chi connectivity index (χ3n) is 4.28. The van der Waals surface area contributed by atoms with Gasteiger partial charge in [0, 0.05) is 44.3 Å². The van der Waals surface area contributed by atoms with Crippen molar-refractivity contribution in [2.45, 2.75) is 12.4 Å². The normalized spacial score (nSPS) is 15.4. The average molecular weight is 419 g/mol. The second-order valence-electron chi connectivity index (χ2n) is 6.26. The lowest BCUT2D eigenvalue weighted by molar-refractivity contribution is -0.143. The highest BCUT2D eigenvalue weighted by molar-refractivity contribution is 5.89. The first-order chi connectivity index (χ1) is 13.5. The number of aromatic nitrogens is 2. The Morgan fingerprint density at radius 1 is 0.897 bits per heavy atom. The van der Waals surface area contributed by atoms with Crippen LogP contribution in [0.1, 0.15) is 11.1 Å². The van der Waals surface area contributed by atoms with Crippen molar-refractivity contribution in [2.24, 2.45) is 0 Å². The molecule has 0 aliphatic carbocycles. The molecule has 0 unspecified atom stereocenters. The molecular formula is C17H15F6N5O. The molecule has 1 aromatic carbocycles. The summed E-state index contributed by atoms with van der Waals surface area (Å²) < 4.78 is 77.6. The minimum absolute atomic E-state index is 0.00925. The van der Waals surface area contributed by atoms with Crippen LogP contribution in [-0.2, 0) is 12.4 Å². The van der Waals surface area contributed by atoms with Crippen molar-refractivity contribution in [2.75, 3.05) is 36.4 Å². The first-order valence-electron chi connectivity index (χ1n) is 8.40. The van der Waals surface area contributed by atoms with Crippen molar-refractivity contribution < 1.29 is 31.1 Å². The van der Waals surface area contributed by atoms with Crippen LogP contribution in [0.4, 0.5) is 42.6 Å². The maximum Gasteiger partial charge on any atom is 0.416 e. The lowest BCUT2D eigenvalue weighted by atomic mass is 10.1. The highest BCUT2D eigenvalue weighted by Gasteiger charge is 2.37. The van der Waals surface area contributed by atoms with Gasteiger partial charge < -0.3 is 15.1 Å². The summed E-state index contributed by atoms with van der Waals surface area (Å²) in [4.78, 5) is 23.6. The Kier molecular flexibility index (Phi) is 5.53. The Hall–Kier alpha value is -3.05. The molecule has 0 spiro atoms. The first-order valence-corrected chi connectivity index (χ1v) is 8.40. The highest BCUT2D eigenvalue weighted by Crippen LogP contribution is 2.37. The Morgan fingerprint density at radius 3 is 1.97 bits per heavy atom. The third-order valence-corrected chi connectivity index (χ3v) is 4.28. The first kappa shape index (κ1) is 20.7. The standard InChI is InChI=1S/C17H15F6N5O/c18-16(19,20)11-7-12(17(21,22)23)9-13(8-11)26-15(29)28-5-3-27(4-6-28)14-10-24-1-2-25-14/h1-2,7-10H,3-6H2,(H,26,29). The van der Waals surface area contributed by atoms with E-state index in [-0.39, 0.29) is 19.2 Å². The van der Waals surface area contributed by atoms with Gasteiger partial charge >= 0.3 is 18.4 Å².